The molecule has 1 aromatic carbocycles. The summed E-state index contributed by atoms with van der Waals surface area (Å²) in [7, 11) is -3.56. The van der Waals surface area contributed by atoms with E-state index < -0.39 is 9.84 Å². The Balaban J connectivity index is 3.45. The van der Waals surface area contributed by atoms with Crippen molar-refractivity contribution in [3.63, 3.8) is 0 Å². The van der Waals surface area contributed by atoms with Gasteiger partial charge in [0.15, 0.2) is 5.03 Å². The largest absolute Gasteiger partial charge is 0.249 e. The molecule has 0 bridgehead atoms. The number of allylic oxidation sites excluding steroid dienone is 1. The Hall–Kier alpha value is -0.940. The summed E-state index contributed by atoms with van der Waals surface area (Å²) in [5.41, 5.74) is 0.765. The molecule has 0 atom stereocenters. The van der Waals surface area contributed by atoms with E-state index >= 15 is 0 Å². The molecule has 0 saturated heterocycles. The van der Waals surface area contributed by atoms with Gasteiger partial charge in [-0.1, -0.05) is 29.8 Å². The van der Waals surface area contributed by atoms with Gasteiger partial charge in [0.05, 0.1) is 4.90 Å². The number of rotatable bonds is 4. The van der Waals surface area contributed by atoms with Crippen LogP contribution in [-0.2, 0) is 9.84 Å². The lowest BCUT2D eigenvalue weighted by atomic mass is 10.1. The SMILES string of the molecule is C/C=N\C(=C(/C)C(C)C)S(=O)(=O)c1ccc(Br)cc1. The average molecular weight is 344 g/mol. The van der Waals surface area contributed by atoms with Crippen molar-refractivity contribution in [1.29, 1.82) is 0 Å². The van der Waals surface area contributed by atoms with Gasteiger partial charge in [0, 0.05) is 10.7 Å². The van der Waals surface area contributed by atoms with Crippen molar-refractivity contribution in [2.24, 2.45) is 10.9 Å². The fraction of sp³-hybridized carbons (Fsp3) is 0.357. The zero-order valence-electron chi connectivity index (χ0n) is 11.5. The van der Waals surface area contributed by atoms with Crippen LogP contribution in [0.5, 0.6) is 0 Å². The molecule has 0 N–H and O–H groups in total. The number of aliphatic imine (C=N–C) groups is 1. The molecule has 5 heteroatoms. The number of nitrogens with zero attached hydrogens (tertiary/aromatic N) is 1. The van der Waals surface area contributed by atoms with Crippen molar-refractivity contribution in [2.45, 2.75) is 32.6 Å². The predicted molar refractivity (Wildman–Crippen MR) is 83.0 cm³/mol. The quantitative estimate of drug-likeness (QED) is 0.769. The van der Waals surface area contributed by atoms with Crippen LogP contribution in [0.4, 0.5) is 0 Å². The van der Waals surface area contributed by atoms with Gasteiger partial charge in [-0.25, -0.2) is 13.4 Å². The van der Waals surface area contributed by atoms with Crippen LogP contribution >= 0.6 is 15.9 Å². The topological polar surface area (TPSA) is 46.5 Å². The van der Waals surface area contributed by atoms with Crippen molar-refractivity contribution in [3.05, 3.63) is 39.3 Å². The maximum absolute atomic E-state index is 12.6. The van der Waals surface area contributed by atoms with Crippen LogP contribution in [0.2, 0.25) is 0 Å². The minimum Gasteiger partial charge on any atom is -0.249 e. The number of halogens is 1. The molecule has 0 aliphatic rings. The molecule has 0 amide bonds. The highest BCUT2D eigenvalue weighted by atomic mass is 79.9. The zero-order chi connectivity index (χ0) is 14.6. The predicted octanol–water partition coefficient (Wildman–Crippen LogP) is 4.20. The van der Waals surface area contributed by atoms with E-state index in [2.05, 4.69) is 20.9 Å². The summed E-state index contributed by atoms with van der Waals surface area (Å²) >= 11 is 3.30. The molecule has 104 valence electrons. The highest BCUT2D eigenvalue weighted by Gasteiger charge is 2.23. The van der Waals surface area contributed by atoms with E-state index in [1.54, 1.807) is 31.2 Å². The molecule has 0 saturated carbocycles. The number of hydrogen-bond acceptors (Lipinski definition) is 3. The van der Waals surface area contributed by atoms with Crippen LogP contribution in [0.15, 0.2) is 49.2 Å². The van der Waals surface area contributed by atoms with E-state index in [1.165, 1.54) is 6.21 Å². The summed E-state index contributed by atoms with van der Waals surface area (Å²) in [6.45, 7) is 7.43. The lowest BCUT2D eigenvalue weighted by molar-refractivity contribution is 0.599. The summed E-state index contributed by atoms with van der Waals surface area (Å²) in [5, 5.41) is 0.146. The molecule has 0 unspecified atom stereocenters. The molecule has 0 aromatic heterocycles. The lowest BCUT2D eigenvalue weighted by Gasteiger charge is -2.12. The third-order valence-electron chi connectivity index (χ3n) is 2.83. The van der Waals surface area contributed by atoms with Crippen molar-refractivity contribution in [1.82, 2.24) is 0 Å². The third-order valence-corrected chi connectivity index (χ3v) is 5.19. The second-order valence-corrected chi connectivity index (χ2v) is 7.27. The smallest absolute Gasteiger partial charge is 0.223 e. The summed E-state index contributed by atoms with van der Waals surface area (Å²) in [5.74, 6) is 0.129. The van der Waals surface area contributed by atoms with Gasteiger partial charge < -0.3 is 0 Å². The monoisotopic (exact) mass is 343 g/mol. The molecule has 0 spiro atoms. The second-order valence-electron chi connectivity index (χ2n) is 4.49. The van der Waals surface area contributed by atoms with Crippen LogP contribution < -0.4 is 0 Å². The van der Waals surface area contributed by atoms with Crippen LogP contribution in [-0.4, -0.2) is 14.6 Å². The molecule has 1 rings (SSSR count). The van der Waals surface area contributed by atoms with E-state index in [4.69, 9.17) is 0 Å². The molecule has 0 fully saturated rings. The van der Waals surface area contributed by atoms with Gasteiger partial charge in [-0.2, -0.15) is 0 Å². The maximum Gasteiger partial charge on any atom is 0.223 e. The fourth-order valence-corrected chi connectivity index (χ4v) is 3.36. The first-order valence-electron chi connectivity index (χ1n) is 6.00. The van der Waals surface area contributed by atoms with Crippen LogP contribution in [0, 0.1) is 5.92 Å². The van der Waals surface area contributed by atoms with E-state index in [-0.39, 0.29) is 15.8 Å². The van der Waals surface area contributed by atoms with Gasteiger partial charge in [-0.15, -0.1) is 0 Å². The van der Waals surface area contributed by atoms with Gasteiger partial charge >= 0.3 is 0 Å². The van der Waals surface area contributed by atoms with Crippen LogP contribution in [0.25, 0.3) is 0 Å². The van der Waals surface area contributed by atoms with Gasteiger partial charge in [-0.3, -0.25) is 0 Å². The minimum atomic E-state index is -3.56. The molecule has 0 aliphatic heterocycles. The fourth-order valence-electron chi connectivity index (χ4n) is 1.47. The molecule has 0 aliphatic carbocycles. The highest BCUT2D eigenvalue weighted by Crippen LogP contribution is 2.27. The number of hydrogen-bond donors (Lipinski definition) is 0. The molecule has 3 nitrogen and oxygen atoms in total. The Morgan fingerprint density at radius 1 is 1.26 bits per heavy atom. The molecular weight excluding hydrogens is 326 g/mol. The average Bonchev–Trinajstić information content (AvgIpc) is 2.35. The van der Waals surface area contributed by atoms with E-state index in [0.717, 1.165) is 10.0 Å². The normalized spacial score (nSPS) is 14.0. The second kappa shape index (κ2) is 6.48. The summed E-state index contributed by atoms with van der Waals surface area (Å²) < 4.78 is 26.0. The molecule has 19 heavy (non-hydrogen) atoms. The molecule has 1 aromatic rings. The van der Waals surface area contributed by atoms with Gasteiger partial charge in [0.2, 0.25) is 9.84 Å². The molecular formula is C14H18BrNO2S. The van der Waals surface area contributed by atoms with E-state index in [1.807, 2.05) is 20.8 Å². The Morgan fingerprint density at radius 2 is 1.79 bits per heavy atom. The number of benzene rings is 1. The van der Waals surface area contributed by atoms with Crippen LogP contribution in [0.1, 0.15) is 27.7 Å². The van der Waals surface area contributed by atoms with Crippen molar-refractivity contribution in [3.8, 4) is 0 Å². The summed E-state index contributed by atoms with van der Waals surface area (Å²) in [4.78, 5) is 4.33. The highest BCUT2D eigenvalue weighted by molar-refractivity contribution is 9.10. The first-order chi connectivity index (χ1) is 8.80. The summed E-state index contributed by atoms with van der Waals surface area (Å²) in [6, 6.07) is 6.59. The van der Waals surface area contributed by atoms with Crippen LogP contribution in [0.3, 0.4) is 0 Å². The Bertz CT molecular complexity index is 599. The van der Waals surface area contributed by atoms with E-state index in [0.29, 0.717) is 0 Å². The first kappa shape index (κ1) is 16.1. The number of sulfone groups is 1. The lowest BCUT2D eigenvalue weighted by Crippen LogP contribution is -2.08. The molecule has 0 heterocycles. The van der Waals surface area contributed by atoms with Crippen molar-refractivity contribution >= 4 is 32.0 Å². The standard InChI is InChI=1S/C14H18BrNO2S/c1-5-16-14(11(4)10(2)3)19(17,18)13-8-6-12(15)7-9-13/h5-10H,1-4H3/b14-11-,16-5-. The van der Waals surface area contributed by atoms with Crippen molar-refractivity contribution in [2.75, 3.05) is 0 Å². The van der Waals surface area contributed by atoms with Gasteiger partial charge in [0.1, 0.15) is 0 Å². The Kier molecular flexibility index (Phi) is 5.50. The van der Waals surface area contributed by atoms with Crippen molar-refractivity contribution < 1.29 is 8.42 Å². The maximum atomic E-state index is 12.6. The Labute approximate surface area is 123 Å². The zero-order valence-corrected chi connectivity index (χ0v) is 13.9. The Morgan fingerprint density at radius 3 is 2.21 bits per heavy atom. The minimum absolute atomic E-state index is 0.129. The summed E-state index contributed by atoms with van der Waals surface area (Å²) in [6.07, 6.45) is 1.51. The molecule has 0 radical (unpaired) electrons. The van der Waals surface area contributed by atoms with Gasteiger partial charge in [0.25, 0.3) is 0 Å². The van der Waals surface area contributed by atoms with Gasteiger partial charge in [-0.05, 0) is 49.6 Å². The van der Waals surface area contributed by atoms with E-state index in [9.17, 15) is 8.42 Å². The third kappa shape index (κ3) is 3.76. The first-order valence-corrected chi connectivity index (χ1v) is 8.28.